The van der Waals surface area contributed by atoms with E-state index < -0.39 is 4.30 Å². The SMILES string of the molecule is CC#N.CCCCCC.ClC(Cl)Cl.O. The lowest BCUT2D eigenvalue weighted by molar-refractivity contribution is 0.702. The van der Waals surface area contributed by atoms with Gasteiger partial charge >= 0.3 is 0 Å². The fraction of sp³-hybridized carbons (Fsp3) is 0.889. The van der Waals surface area contributed by atoms with Crippen LogP contribution in [0, 0.1) is 11.3 Å². The molecule has 0 radical (unpaired) electrons. The van der Waals surface area contributed by atoms with Gasteiger partial charge in [-0.1, -0.05) is 74.3 Å². The van der Waals surface area contributed by atoms with Gasteiger partial charge in [0.25, 0.3) is 0 Å². The molecule has 0 fully saturated rings. The van der Waals surface area contributed by atoms with Gasteiger partial charge in [0.15, 0.2) is 4.30 Å². The Balaban J connectivity index is -0.0000000553. The molecule has 0 bridgehead atoms. The highest BCUT2D eigenvalue weighted by atomic mass is 35.6. The van der Waals surface area contributed by atoms with Crippen molar-refractivity contribution in [2.75, 3.05) is 0 Å². The van der Waals surface area contributed by atoms with Gasteiger partial charge in [-0.3, -0.25) is 0 Å². The van der Waals surface area contributed by atoms with E-state index in [2.05, 4.69) is 13.8 Å². The van der Waals surface area contributed by atoms with Crippen molar-refractivity contribution in [1.82, 2.24) is 0 Å². The van der Waals surface area contributed by atoms with E-state index in [1.165, 1.54) is 32.6 Å². The fourth-order valence-electron chi connectivity index (χ4n) is 0.500. The van der Waals surface area contributed by atoms with Crippen molar-refractivity contribution in [3.63, 3.8) is 0 Å². The van der Waals surface area contributed by atoms with Gasteiger partial charge in [0.1, 0.15) is 0 Å². The number of halogens is 3. The van der Waals surface area contributed by atoms with Gasteiger partial charge in [-0.15, -0.1) is 0 Å². The molecule has 0 aromatic rings. The fourth-order valence-corrected chi connectivity index (χ4v) is 0.500. The van der Waals surface area contributed by atoms with Gasteiger partial charge in [-0.05, 0) is 0 Å². The molecule has 88 valence electrons. The first kappa shape index (κ1) is 23.9. The first-order valence-electron chi connectivity index (χ1n) is 4.29. The Bertz CT molecular complexity index is 98.0. The number of rotatable bonds is 3. The minimum atomic E-state index is -0.750. The summed E-state index contributed by atoms with van der Waals surface area (Å²) in [4.78, 5) is 0. The van der Waals surface area contributed by atoms with E-state index in [0.29, 0.717) is 0 Å². The van der Waals surface area contributed by atoms with Gasteiger partial charge in [-0.25, -0.2) is 0 Å². The quantitative estimate of drug-likeness (QED) is 0.554. The second-order valence-electron chi connectivity index (χ2n) is 2.18. The number of hydrogen-bond donors (Lipinski definition) is 0. The summed E-state index contributed by atoms with van der Waals surface area (Å²) >= 11 is 14.4. The van der Waals surface area contributed by atoms with Gasteiger partial charge in [0.2, 0.25) is 0 Å². The third-order valence-corrected chi connectivity index (χ3v) is 0.957. The molecule has 0 aliphatic rings. The van der Waals surface area contributed by atoms with Crippen LogP contribution in [0.2, 0.25) is 0 Å². The molecule has 2 nitrogen and oxygen atoms in total. The minimum absolute atomic E-state index is 0. The van der Waals surface area contributed by atoms with E-state index in [1.54, 1.807) is 6.07 Å². The Morgan fingerprint density at radius 3 is 1.29 bits per heavy atom. The molecule has 0 saturated heterocycles. The molecule has 0 amide bonds. The summed E-state index contributed by atoms with van der Waals surface area (Å²) in [6, 6.07) is 1.75. The van der Waals surface area contributed by atoms with Crippen molar-refractivity contribution in [3.05, 3.63) is 0 Å². The highest BCUT2D eigenvalue weighted by Crippen LogP contribution is 2.03. The first-order valence-corrected chi connectivity index (χ1v) is 5.60. The van der Waals surface area contributed by atoms with Crippen molar-refractivity contribution in [2.24, 2.45) is 0 Å². The average Bonchev–Trinajstić information content (AvgIpc) is 2.01. The molecule has 0 rings (SSSR count). The van der Waals surface area contributed by atoms with Crippen molar-refractivity contribution in [1.29, 1.82) is 5.26 Å². The van der Waals surface area contributed by atoms with Crippen LogP contribution in [0.4, 0.5) is 0 Å². The molecular weight excluding hydrogens is 244 g/mol. The molecule has 2 N–H and O–H groups in total. The predicted molar refractivity (Wildman–Crippen MR) is 66.1 cm³/mol. The Morgan fingerprint density at radius 2 is 1.21 bits per heavy atom. The van der Waals surface area contributed by atoms with Crippen LogP contribution < -0.4 is 0 Å². The topological polar surface area (TPSA) is 55.3 Å². The maximum absolute atomic E-state index is 7.32. The van der Waals surface area contributed by atoms with Crippen molar-refractivity contribution in [3.8, 4) is 6.07 Å². The highest BCUT2D eigenvalue weighted by molar-refractivity contribution is 6.63. The lowest BCUT2D eigenvalue weighted by Gasteiger charge is -1.86. The maximum atomic E-state index is 7.32. The monoisotopic (exact) mass is 263 g/mol. The van der Waals surface area contributed by atoms with Crippen LogP contribution in [0.5, 0.6) is 0 Å². The summed E-state index contributed by atoms with van der Waals surface area (Å²) < 4.78 is -0.750. The Morgan fingerprint density at radius 1 is 1.07 bits per heavy atom. The summed E-state index contributed by atoms with van der Waals surface area (Å²) in [5.74, 6) is 0. The normalized spacial score (nSPS) is 7.00. The van der Waals surface area contributed by atoms with E-state index in [-0.39, 0.29) is 5.48 Å². The molecule has 0 saturated carbocycles. The molecule has 0 spiro atoms. The molecule has 5 heteroatoms. The molecule has 0 heterocycles. The zero-order chi connectivity index (χ0) is 11.1. The minimum Gasteiger partial charge on any atom is -0.412 e. The van der Waals surface area contributed by atoms with Gasteiger partial charge in [-0.2, -0.15) is 5.26 Å². The van der Waals surface area contributed by atoms with Crippen LogP contribution >= 0.6 is 34.8 Å². The molecule has 0 aromatic carbocycles. The second-order valence-corrected chi connectivity index (χ2v) is 4.16. The molecule has 0 aromatic heterocycles. The van der Waals surface area contributed by atoms with Crippen molar-refractivity contribution in [2.45, 2.75) is 50.7 Å². The van der Waals surface area contributed by atoms with Gasteiger partial charge in [0.05, 0.1) is 6.07 Å². The van der Waals surface area contributed by atoms with E-state index in [9.17, 15) is 0 Å². The Hall–Kier alpha value is 0.320. The Labute approximate surface area is 102 Å². The molecule has 0 atom stereocenters. The van der Waals surface area contributed by atoms with Crippen LogP contribution in [-0.4, -0.2) is 9.77 Å². The zero-order valence-corrected chi connectivity index (χ0v) is 11.3. The second kappa shape index (κ2) is 29.2. The van der Waals surface area contributed by atoms with Crippen molar-refractivity contribution >= 4 is 34.8 Å². The van der Waals surface area contributed by atoms with E-state index >= 15 is 0 Å². The zero-order valence-electron chi connectivity index (χ0n) is 8.99. The van der Waals surface area contributed by atoms with E-state index in [0.717, 1.165) is 0 Å². The smallest absolute Gasteiger partial charge is 0.180 e. The standard InChI is InChI=1S/C6H14.C2H3N.CHCl3.H2O/c1-3-5-6-4-2;1-2-3;2-1(3)4;/h3-6H2,1-2H3;1H3;1H;1H2. The number of hydrogen-bond acceptors (Lipinski definition) is 1. The van der Waals surface area contributed by atoms with Crippen LogP contribution in [-0.2, 0) is 0 Å². The van der Waals surface area contributed by atoms with E-state index in [1.807, 2.05) is 0 Å². The number of alkyl halides is 3. The van der Waals surface area contributed by atoms with Gasteiger partial charge in [0, 0.05) is 6.92 Å². The summed E-state index contributed by atoms with van der Waals surface area (Å²) in [5.41, 5.74) is 0. The van der Waals surface area contributed by atoms with Crippen LogP contribution in [0.25, 0.3) is 0 Å². The highest BCUT2D eigenvalue weighted by Gasteiger charge is 1.79. The van der Waals surface area contributed by atoms with Crippen LogP contribution in [0.1, 0.15) is 46.5 Å². The van der Waals surface area contributed by atoms with Crippen LogP contribution in [0.3, 0.4) is 0 Å². The largest absolute Gasteiger partial charge is 0.412 e. The van der Waals surface area contributed by atoms with Crippen LogP contribution in [0.15, 0.2) is 0 Å². The summed E-state index contributed by atoms with van der Waals surface area (Å²) in [5, 5.41) is 7.32. The average molecular weight is 265 g/mol. The molecule has 0 unspecified atom stereocenters. The molecule has 14 heavy (non-hydrogen) atoms. The summed E-state index contributed by atoms with van der Waals surface area (Å²) in [6.45, 7) is 5.89. The third kappa shape index (κ3) is 143. The molecular formula is C9H20Cl3NO. The number of nitrogens with zero attached hydrogens (tertiary/aromatic N) is 1. The summed E-state index contributed by atoms with van der Waals surface area (Å²) in [7, 11) is 0. The molecule has 0 aliphatic heterocycles. The lowest BCUT2D eigenvalue weighted by Crippen LogP contribution is -1.66. The number of unbranched alkanes of at least 4 members (excludes halogenated alkanes) is 3. The van der Waals surface area contributed by atoms with E-state index in [4.69, 9.17) is 40.1 Å². The Kier molecular flexibility index (Phi) is 49.8. The van der Waals surface area contributed by atoms with Crippen molar-refractivity contribution < 1.29 is 5.48 Å². The van der Waals surface area contributed by atoms with Gasteiger partial charge < -0.3 is 5.48 Å². The lowest BCUT2D eigenvalue weighted by atomic mass is 10.2. The predicted octanol–water partition coefficient (Wildman–Crippen LogP) is 4.28. The third-order valence-electron chi connectivity index (χ3n) is 0.957. The maximum Gasteiger partial charge on any atom is 0.180 e. The first-order chi connectivity index (χ1) is 6.06. The number of nitriles is 1. The molecule has 0 aliphatic carbocycles. The summed E-state index contributed by atoms with van der Waals surface area (Å²) in [6.07, 6.45) is 5.54.